The molecule has 0 N–H and O–H groups in total. The maximum absolute atomic E-state index is 7.50. The lowest BCUT2D eigenvalue weighted by Gasteiger charge is -2.46. The maximum Gasteiger partial charge on any atom is 0.162 e. The van der Waals surface area contributed by atoms with Crippen LogP contribution in [-0.2, 0) is 10.8 Å². The second-order valence-electron chi connectivity index (χ2n) is 20.0. The molecule has 13 aromatic rings. The Balaban J connectivity index is 1.04. The molecular formula is C68H38Cl2N2O2. The fourth-order valence-corrected chi connectivity index (χ4v) is 14.5. The second-order valence-corrected chi connectivity index (χ2v) is 20.9. The Hall–Kier alpha value is -8.80. The molecule has 4 nitrogen and oxygen atoms in total. The van der Waals surface area contributed by atoms with Crippen molar-refractivity contribution >= 4 is 101 Å². The zero-order valence-corrected chi connectivity index (χ0v) is 40.9. The number of fused-ring (bicyclic) bond motifs is 24. The Bertz CT molecular complexity index is 4150. The van der Waals surface area contributed by atoms with Gasteiger partial charge in [0.1, 0.15) is 22.5 Å². The Morgan fingerprint density at radius 2 is 0.568 bits per heavy atom. The highest BCUT2D eigenvalue weighted by molar-refractivity contribution is 6.35. The van der Waals surface area contributed by atoms with Crippen LogP contribution in [0.25, 0.3) is 66.1 Å². The first kappa shape index (κ1) is 40.8. The highest BCUT2D eigenvalue weighted by Crippen LogP contribution is 2.68. The number of hydrogen-bond acceptors (Lipinski definition) is 4. The summed E-state index contributed by atoms with van der Waals surface area (Å²) in [6.07, 6.45) is 0. The quantitative estimate of drug-likeness (QED) is 0.173. The van der Waals surface area contributed by atoms with E-state index in [0.717, 1.165) is 55.7 Å². The first-order chi connectivity index (χ1) is 36.6. The minimum Gasteiger partial charge on any atom is -0.454 e. The van der Waals surface area contributed by atoms with E-state index in [1.165, 1.54) is 66.8 Å². The first-order valence-electron chi connectivity index (χ1n) is 25.1. The molecule has 2 aromatic heterocycles. The van der Waals surface area contributed by atoms with Crippen molar-refractivity contribution in [2.24, 2.45) is 0 Å². The minimum absolute atomic E-state index is 0.590. The van der Waals surface area contributed by atoms with E-state index in [1.54, 1.807) is 0 Å². The van der Waals surface area contributed by atoms with Gasteiger partial charge in [-0.2, -0.15) is 0 Å². The van der Waals surface area contributed by atoms with E-state index in [9.17, 15) is 0 Å². The van der Waals surface area contributed by atoms with Crippen molar-refractivity contribution in [1.82, 2.24) is 0 Å². The summed E-state index contributed by atoms with van der Waals surface area (Å²) in [5.74, 6) is 0. The summed E-state index contributed by atoms with van der Waals surface area (Å²) in [5.41, 5.74) is 22.2. The number of halogens is 2. The Morgan fingerprint density at radius 3 is 0.878 bits per heavy atom. The third-order valence-electron chi connectivity index (χ3n) is 16.8. The smallest absolute Gasteiger partial charge is 0.162 e. The van der Waals surface area contributed by atoms with Crippen LogP contribution in [0.5, 0.6) is 0 Å². The molecule has 2 aliphatic carbocycles. The molecule has 11 aromatic carbocycles. The van der Waals surface area contributed by atoms with Crippen molar-refractivity contribution in [2.75, 3.05) is 9.80 Å². The van der Waals surface area contributed by atoms with Crippen molar-refractivity contribution < 1.29 is 8.83 Å². The molecule has 0 bridgehead atoms. The van der Waals surface area contributed by atoms with Gasteiger partial charge < -0.3 is 18.6 Å². The van der Waals surface area contributed by atoms with E-state index >= 15 is 0 Å². The standard InChI is InChI=1S/C68H38Cl2N2O2/c69-39-33-35-45-59(37-39)74-66-61(45)63(71-55-29-13-9-25-51(55)67(52-26-10-14-30-56(52)71)47-21-5-1-17-41(47)42-18-2-6-22-48(42)67)65-62(46-36-34-40(70)38-60(46)73-65)64(66)72-57-31-15-11-27-53(57)68(54-28-12-16-32-58(54)72)49-23-7-3-19-43(49)44-20-4-8-24-50(44)68/h1-38H. The van der Waals surface area contributed by atoms with Crippen molar-refractivity contribution in [3.05, 3.63) is 285 Å². The van der Waals surface area contributed by atoms with Crippen LogP contribution in [0, 0.1) is 0 Å². The fourth-order valence-electron chi connectivity index (χ4n) is 14.2. The predicted molar refractivity (Wildman–Crippen MR) is 302 cm³/mol. The molecule has 0 fully saturated rings. The highest BCUT2D eigenvalue weighted by Gasteiger charge is 2.54. The Morgan fingerprint density at radius 1 is 0.297 bits per heavy atom. The summed E-state index contributed by atoms with van der Waals surface area (Å²) >= 11 is 13.9. The van der Waals surface area contributed by atoms with Gasteiger partial charge in [-0.15, -0.1) is 0 Å². The minimum atomic E-state index is -0.614. The molecule has 0 unspecified atom stereocenters. The van der Waals surface area contributed by atoms with Gasteiger partial charge >= 0.3 is 0 Å². The van der Waals surface area contributed by atoms with Crippen LogP contribution in [0.3, 0.4) is 0 Å². The molecular weight excluding hydrogens is 948 g/mol. The van der Waals surface area contributed by atoms with Crippen molar-refractivity contribution in [3.8, 4) is 22.3 Å². The molecule has 2 aliphatic heterocycles. The molecule has 0 radical (unpaired) electrons. The van der Waals surface area contributed by atoms with E-state index in [0.29, 0.717) is 32.4 Å². The van der Waals surface area contributed by atoms with Gasteiger partial charge in [-0.3, -0.25) is 0 Å². The van der Waals surface area contributed by atoms with Crippen LogP contribution < -0.4 is 9.80 Å². The molecule has 4 heterocycles. The molecule has 0 saturated heterocycles. The van der Waals surface area contributed by atoms with E-state index in [-0.39, 0.29) is 0 Å². The lowest BCUT2D eigenvalue weighted by molar-refractivity contribution is 0.663. The van der Waals surface area contributed by atoms with Crippen molar-refractivity contribution in [3.63, 3.8) is 0 Å². The summed E-state index contributed by atoms with van der Waals surface area (Å²) in [4.78, 5) is 4.89. The van der Waals surface area contributed by atoms with Crippen LogP contribution in [0.2, 0.25) is 10.0 Å². The SMILES string of the molecule is Clc1ccc2c(c1)oc1c(N3c4ccccc4C4(c5ccccc5-c5ccccc54)c4ccccc43)c3c(oc4cc(Cl)ccc43)c(N3c4ccccc4C4(c5ccccc5-c5ccccc54)c4ccccc43)c12. The lowest BCUT2D eigenvalue weighted by Crippen LogP contribution is -2.36. The van der Waals surface area contributed by atoms with Gasteiger partial charge in [-0.05, 0) is 115 Å². The third-order valence-corrected chi connectivity index (χ3v) is 17.2. The molecule has 2 spiro atoms. The van der Waals surface area contributed by atoms with E-state index < -0.39 is 10.8 Å². The van der Waals surface area contributed by atoms with E-state index in [1.807, 2.05) is 24.3 Å². The average Bonchev–Trinajstić information content (AvgIpc) is 4.21. The fraction of sp³-hybridized carbons (Fsp3) is 0.0294. The molecule has 4 aliphatic rings. The van der Waals surface area contributed by atoms with Gasteiger partial charge in [0.2, 0.25) is 0 Å². The van der Waals surface area contributed by atoms with Crippen molar-refractivity contribution in [2.45, 2.75) is 10.8 Å². The van der Waals surface area contributed by atoms with Gasteiger partial charge in [0.25, 0.3) is 0 Å². The molecule has 0 amide bonds. The molecule has 0 atom stereocenters. The predicted octanol–water partition coefficient (Wildman–Crippen LogP) is 19.1. The summed E-state index contributed by atoms with van der Waals surface area (Å²) < 4.78 is 15.0. The van der Waals surface area contributed by atoms with Gasteiger partial charge in [0.15, 0.2) is 11.2 Å². The lowest BCUT2D eigenvalue weighted by atomic mass is 9.64. The summed E-state index contributed by atoms with van der Waals surface area (Å²) in [5, 5.41) is 4.83. The van der Waals surface area contributed by atoms with E-state index in [2.05, 4.69) is 216 Å². The van der Waals surface area contributed by atoms with Crippen molar-refractivity contribution in [1.29, 1.82) is 0 Å². The van der Waals surface area contributed by atoms with Gasteiger partial charge in [0, 0.05) is 33.0 Å². The zero-order chi connectivity index (χ0) is 48.6. The van der Waals surface area contributed by atoms with Crippen LogP contribution in [-0.4, -0.2) is 0 Å². The Kier molecular flexibility index (Phi) is 7.96. The number of rotatable bonds is 2. The van der Waals surface area contributed by atoms with Gasteiger partial charge in [-0.1, -0.05) is 193 Å². The summed E-state index contributed by atoms with van der Waals surface area (Å²) in [6.45, 7) is 0. The van der Waals surface area contributed by atoms with Crippen LogP contribution in [0.4, 0.5) is 34.1 Å². The average molecular weight is 986 g/mol. The zero-order valence-electron chi connectivity index (χ0n) is 39.4. The molecule has 346 valence electrons. The number of para-hydroxylation sites is 4. The van der Waals surface area contributed by atoms with Crippen LogP contribution >= 0.6 is 23.2 Å². The summed E-state index contributed by atoms with van der Waals surface area (Å²) in [6, 6.07) is 83.5. The van der Waals surface area contributed by atoms with E-state index in [4.69, 9.17) is 32.0 Å². The third kappa shape index (κ3) is 4.82. The monoisotopic (exact) mass is 984 g/mol. The molecule has 0 saturated carbocycles. The van der Waals surface area contributed by atoms with Gasteiger partial charge in [0.05, 0.1) is 44.4 Å². The molecule has 6 heteroatoms. The molecule has 17 rings (SSSR count). The second kappa shape index (κ2) is 14.5. The first-order valence-corrected chi connectivity index (χ1v) is 25.9. The van der Waals surface area contributed by atoms with Crippen LogP contribution in [0.1, 0.15) is 44.5 Å². The normalized spacial score (nSPS) is 14.8. The number of nitrogens with zero attached hydrogens (tertiary/aromatic N) is 2. The number of benzene rings is 11. The number of anilines is 6. The van der Waals surface area contributed by atoms with Gasteiger partial charge in [-0.25, -0.2) is 0 Å². The number of hydrogen-bond donors (Lipinski definition) is 0. The Labute approximate surface area is 435 Å². The summed E-state index contributed by atoms with van der Waals surface area (Å²) in [7, 11) is 0. The van der Waals surface area contributed by atoms with Crippen LogP contribution in [0.15, 0.2) is 239 Å². The topological polar surface area (TPSA) is 32.8 Å². The highest BCUT2D eigenvalue weighted by atomic mass is 35.5. The maximum atomic E-state index is 7.50. The largest absolute Gasteiger partial charge is 0.454 e. The molecule has 74 heavy (non-hydrogen) atoms. The number of furan rings is 2.